The largest absolute Gasteiger partial charge is 0.354 e. The van der Waals surface area contributed by atoms with Gasteiger partial charge in [0, 0.05) is 24.5 Å². The number of hydrogen-bond donors (Lipinski definition) is 1. The second kappa shape index (κ2) is 4.40. The predicted octanol–water partition coefficient (Wildman–Crippen LogP) is 2.35. The zero-order chi connectivity index (χ0) is 12.5. The molecule has 2 aromatic heterocycles. The summed E-state index contributed by atoms with van der Waals surface area (Å²) in [6.45, 7) is 5.42. The third-order valence-electron chi connectivity index (χ3n) is 3.36. The van der Waals surface area contributed by atoms with E-state index in [1.165, 1.54) is 0 Å². The molecule has 2 aromatic rings. The summed E-state index contributed by atoms with van der Waals surface area (Å²) in [5.41, 5.74) is 0.962. The van der Waals surface area contributed by atoms with Crippen LogP contribution in [0.25, 0.3) is 11.4 Å². The molecule has 1 aliphatic heterocycles. The Morgan fingerprint density at radius 3 is 3.06 bits per heavy atom. The lowest BCUT2D eigenvalue weighted by Gasteiger charge is -2.27. The summed E-state index contributed by atoms with van der Waals surface area (Å²) in [7, 11) is 0. The van der Waals surface area contributed by atoms with E-state index in [0.29, 0.717) is 12.0 Å². The van der Waals surface area contributed by atoms with Gasteiger partial charge in [0.15, 0.2) is 5.82 Å². The van der Waals surface area contributed by atoms with E-state index in [-0.39, 0.29) is 0 Å². The van der Waals surface area contributed by atoms with Gasteiger partial charge < -0.3 is 5.32 Å². The minimum Gasteiger partial charge on any atom is -0.354 e. The third-order valence-corrected chi connectivity index (χ3v) is 3.36. The van der Waals surface area contributed by atoms with Crippen molar-refractivity contribution in [1.82, 2.24) is 19.7 Å². The van der Waals surface area contributed by atoms with E-state index in [1.54, 1.807) is 12.4 Å². The summed E-state index contributed by atoms with van der Waals surface area (Å²) in [4.78, 5) is 8.67. The van der Waals surface area contributed by atoms with Gasteiger partial charge in [-0.05, 0) is 24.5 Å². The first kappa shape index (κ1) is 11.2. The number of anilines is 1. The maximum Gasteiger partial charge on any atom is 0.221 e. The van der Waals surface area contributed by atoms with Gasteiger partial charge in [-0.1, -0.05) is 13.8 Å². The van der Waals surface area contributed by atoms with E-state index < -0.39 is 0 Å². The molecule has 1 atom stereocenters. The second-order valence-corrected chi connectivity index (χ2v) is 4.97. The minimum absolute atomic E-state index is 0.430. The van der Waals surface area contributed by atoms with Crippen LogP contribution in [0.15, 0.2) is 24.5 Å². The van der Waals surface area contributed by atoms with Crippen molar-refractivity contribution in [1.29, 1.82) is 0 Å². The van der Waals surface area contributed by atoms with E-state index in [1.807, 2.05) is 16.8 Å². The summed E-state index contributed by atoms with van der Waals surface area (Å²) >= 11 is 0. The van der Waals surface area contributed by atoms with Gasteiger partial charge in [-0.3, -0.25) is 4.98 Å². The second-order valence-electron chi connectivity index (χ2n) is 4.97. The van der Waals surface area contributed by atoms with Crippen LogP contribution in [-0.4, -0.2) is 26.3 Å². The number of nitrogens with one attached hydrogen (secondary N) is 1. The molecule has 0 saturated heterocycles. The van der Waals surface area contributed by atoms with Gasteiger partial charge in [-0.15, -0.1) is 5.10 Å². The van der Waals surface area contributed by atoms with Crippen LogP contribution in [0.5, 0.6) is 0 Å². The molecule has 0 spiro atoms. The summed E-state index contributed by atoms with van der Waals surface area (Å²) in [6, 6.07) is 4.32. The van der Waals surface area contributed by atoms with Crippen LogP contribution >= 0.6 is 0 Å². The molecule has 1 N–H and O–H groups in total. The SMILES string of the molecule is CC(C)C1CCNc2nc(-c3cccnc3)nn21. The Balaban J connectivity index is 2.01. The Kier molecular flexibility index (Phi) is 2.74. The highest BCUT2D eigenvalue weighted by atomic mass is 15.4. The number of rotatable bonds is 2. The zero-order valence-electron chi connectivity index (χ0n) is 10.7. The van der Waals surface area contributed by atoms with Crippen molar-refractivity contribution in [2.45, 2.75) is 26.3 Å². The summed E-state index contributed by atoms with van der Waals surface area (Å²) in [5.74, 6) is 2.19. The molecule has 1 aliphatic rings. The minimum atomic E-state index is 0.430. The topological polar surface area (TPSA) is 55.6 Å². The monoisotopic (exact) mass is 243 g/mol. The number of fused-ring (bicyclic) bond motifs is 1. The molecule has 5 nitrogen and oxygen atoms in total. The molecule has 0 radical (unpaired) electrons. The van der Waals surface area contributed by atoms with Crippen LogP contribution < -0.4 is 5.32 Å². The molecule has 0 bridgehead atoms. The molecule has 3 rings (SSSR count). The molecule has 3 heterocycles. The molecule has 94 valence electrons. The summed E-state index contributed by atoms with van der Waals surface area (Å²) < 4.78 is 2.02. The number of pyridine rings is 1. The smallest absolute Gasteiger partial charge is 0.221 e. The van der Waals surface area contributed by atoms with Crippen LogP contribution in [0.3, 0.4) is 0 Å². The average molecular weight is 243 g/mol. The van der Waals surface area contributed by atoms with E-state index in [4.69, 9.17) is 0 Å². The van der Waals surface area contributed by atoms with Crippen LogP contribution in [-0.2, 0) is 0 Å². The van der Waals surface area contributed by atoms with Crippen molar-refractivity contribution in [3.8, 4) is 11.4 Å². The van der Waals surface area contributed by atoms with Crippen LogP contribution in [0, 0.1) is 5.92 Å². The van der Waals surface area contributed by atoms with Crippen molar-refractivity contribution >= 4 is 5.95 Å². The highest BCUT2D eigenvalue weighted by Gasteiger charge is 2.25. The lowest BCUT2D eigenvalue weighted by atomic mass is 10.0. The van der Waals surface area contributed by atoms with E-state index in [0.717, 1.165) is 30.3 Å². The number of aromatic nitrogens is 4. The lowest BCUT2D eigenvalue weighted by Crippen LogP contribution is -2.27. The predicted molar refractivity (Wildman–Crippen MR) is 70.2 cm³/mol. The van der Waals surface area contributed by atoms with Gasteiger partial charge in [0.1, 0.15) is 0 Å². The van der Waals surface area contributed by atoms with E-state index in [9.17, 15) is 0 Å². The zero-order valence-corrected chi connectivity index (χ0v) is 10.7. The molecule has 0 saturated carbocycles. The Hall–Kier alpha value is -1.91. The molecule has 18 heavy (non-hydrogen) atoms. The Morgan fingerprint density at radius 1 is 1.44 bits per heavy atom. The first-order valence-corrected chi connectivity index (χ1v) is 6.36. The van der Waals surface area contributed by atoms with Crippen molar-refractivity contribution in [2.24, 2.45) is 5.92 Å². The normalized spacial score (nSPS) is 18.5. The van der Waals surface area contributed by atoms with Crippen LogP contribution in [0.4, 0.5) is 5.95 Å². The molecule has 0 amide bonds. The third kappa shape index (κ3) is 1.85. The number of nitrogens with zero attached hydrogens (tertiary/aromatic N) is 4. The fraction of sp³-hybridized carbons (Fsp3) is 0.462. The van der Waals surface area contributed by atoms with Crippen molar-refractivity contribution in [2.75, 3.05) is 11.9 Å². The van der Waals surface area contributed by atoms with Crippen molar-refractivity contribution < 1.29 is 0 Å². The summed E-state index contributed by atoms with van der Waals surface area (Å²) in [6.07, 6.45) is 4.65. The molecule has 1 unspecified atom stereocenters. The average Bonchev–Trinajstić information content (AvgIpc) is 2.83. The van der Waals surface area contributed by atoms with Crippen LogP contribution in [0.2, 0.25) is 0 Å². The Bertz CT molecular complexity index is 532. The molecule has 0 aromatic carbocycles. The molecular formula is C13H17N5. The quantitative estimate of drug-likeness (QED) is 0.879. The van der Waals surface area contributed by atoms with Gasteiger partial charge in [0.05, 0.1) is 6.04 Å². The van der Waals surface area contributed by atoms with Gasteiger partial charge in [0.2, 0.25) is 5.95 Å². The van der Waals surface area contributed by atoms with Gasteiger partial charge in [-0.25, -0.2) is 4.68 Å². The standard InChI is InChI=1S/C13H17N5/c1-9(2)11-5-7-15-13-16-12(17-18(11)13)10-4-3-6-14-8-10/h3-4,6,8-9,11H,5,7H2,1-2H3,(H,15,16,17). The summed E-state index contributed by atoms with van der Waals surface area (Å²) in [5, 5.41) is 7.93. The van der Waals surface area contributed by atoms with Crippen molar-refractivity contribution in [3.05, 3.63) is 24.5 Å². The van der Waals surface area contributed by atoms with Gasteiger partial charge in [-0.2, -0.15) is 4.98 Å². The Morgan fingerprint density at radius 2 is 2.33 bits per heavy atom. The molecule has 5 heteroatoms. The first-order valence-electron chi connectivity index (χ1n) is 6.36. The first-order chi connectivity index (χ1) is 8.75. The molecule has 0 aliphatic carbocycles. The van der Waals surface area contributed by atoms with Crippen LogP contribution in [0.1, 0.15) is 26.3 Å². The maximum atomic E-state index is 4.63. The van der Waals surface area contributed by atoms with E-state index >= 15 is 0 Å². The van der Waals surface area contributed by atoms with Gasteiger partial charge in [0.25, 0.3) is 0 Å². The highest BCUT2D eigenvalue weighted by molar-refractivity contribution is 5.54. The molecule has 0 fully saturated rings. The Labute approximate surface area is 106 Å². The fourth-order valence-electron chi connectivity index (χ4n) is 2.36. The number of hydrogen-bond acceptors (Lipinski definition) is 4. The van der Waals surface area contributed by atoms with Gasteiger partial charge >= 0.3 is 0 Å². The van der Waals surface area contributed by atoms with Crippen molar-refractivity contribution in [3.63, 3.8) is 0 Å². The maximum absolute atomic E-state index is 4.63. The fourth-order valence-corrected chi connectivity index (χ4v) is 2.36. The highest BCUT2D eigenvalue weighted by Crippen LogP contribution is 2.29. The van der Waals surface area contributed by atoms with E-state index in [2.05, 4.69) is 34.2 Å². The lowest BCUT2D eigenvalue weighted by molar-refractivity contribution is 0.322. The molecular weight excluding hydrogens is 226 g/mol.